The zero-order valence-corrected chi connectivity index (χ0v) is 17.0. The van der Waals surface area contributed by atoms with E-state index in [-0.39, 0.29) is 6.04 Å². The van der Waals surface area contributed by atoms with Gasteiger partial charge in [-0.2, -0.15) is 0 Å². The Morgan fingerprint density at radius 1 is 1.16 bits per heavy atom. The highest BCUT2D eigenvalue weighted by atomic mass is 79.9. The summed E-state index contributed by atoms with van der Waals surface area (Å²) in [5.41, 5.74) is 4.74. The molecule has 3 rings (SSSR count). The summed E-state index contributed by atoms with van der Waals surface area (Å²) in [7, 11) is 1.72. The van der Waals surface area contributed by atoms with Gasteiger partial charge in [-0.25, -0.2) is 9.97 Å². The predicted molar refractivity (Wildman–Crippen MR) is 105 cm³/mol. The summed E-state index contributed by atoms with van der Waals surface area (Å²) in [5.74, 6) is 2.39. The van der Waals surface area contributed by atoms with Crippen molar-refractivity contribution in [3.8, 4) is 5.75 Å². The van der Waals surface area contributed by atoms with Gasteiger partial charge in [0, 0.05) is 0 Å². The van der Waals surface area contributed by atoms with Crippen LogP contribution in [0.25, 0.3) is 0 Å². The number of benzene rings is 1. The highest BCUT2D eigenvalue weighted by Gasteiger charge is 2.32. The van der Waals surface area contributed by atoms with E-state index in [0.717, 1.165) is 53.2 Å². The first kappa shape index (κ1) is 18.2. The Kier molecular flexibility index (Phi) is 5.62. The molecule has 0 saturated heterocycles. The van der Waals surface area contributed by atoms with Crippen LogP contribution in [0.5, 0.6) is 5.75 Å². The molecule has 0 radical (unpaired) electrons. The van der Waals surface area contributed by atoms with Crippen LogP contribution in [-0.4, -0.2) is 17.1 Å². The van der Waals surface area contributed by atoms with Gasteiger partial charge < -0.3 is 10.1 Å². The van der Waals surface area contributed by atoms with Gasteiger partial charge >= 0.3 is 0 Å². The Morgan fingerprint density at radius 2 is 1.92 bits per heavy atom. The van der Waals surface area contributed by atoms with Gasteiger partial charge in [0.1, 0.15) is 16.2 Å². The number of aromatic nitrogens is 2. The van der Waals surface area contributed by atoms with Crippen molar-refractivity contribution in [1.82, 2.24) is 9.97 Å². The fourth-order valence-electron chi connectivity index (χ4n) is 3.62. The molecule has 4 nitrogen and oxygen atoms in total. The van der Waals surface area contributed by atoms with Crippen molar-refractivity contribution < 1.29 is 4.74 Å². The van der Waals surface area contributed by atoms with Crippen LogP contribution >= 0.6 is 15.9 Å². The molecule has 0 bridgehead atoms. The van der Waals surface area contributed by atoms with Gasteiger partial charge in [-0.3, -0.25) is 0 Å². The van der Waals surface area contributed by atoms with E-state index in [4.69, 9.17) is 14.7 Å². The molecule has 1 aliphatic rings. The van der Waals surface area contributed by atoms with E-state index in [1.54, 1.807) is 7.11 Å². The first-order valence-electron chi connectivity index (χ1n) is 9.09. The van der Waals surface area contributed by atoms with E-state index in [2.05, 4.69) is 60.2 Å². The van der Waals surface area contributed by atoms with E-state index in [0.29, 0.717) is 5.92 Å². The molecule has 1 aromatic carbocycles. The number of anilines is 1. The van der Waals surface area contributed by atoms with Gasteiger partial charge in [0.2, 0.25) is 0 Å². The summed E-state index contributed by atoms with van der Waals surface area (Å²) in [4.78, 5) is 9.57. The molecule has 0 fully saturated rings. The summed E-state index contributed by atoms with van der Waals surface area (Å²) < 4.78 is 6.30. The van der Waals surface area contributed by atoms with E-state index in [1.165, 1.54) is 11.1 Å². The fraction of sp³-hybridized carbons (Fsp3) is 0.500. The summed E-state index contributed by atoms with van der Waals surface area (Å²) in [6, 6.07) is 6.67. The number of nitrogens with zero attached hydrogens (tertiary/aromatic N) is 2. The Bertz CT molecular complexity index is 763. The molecule has 0 unspecified atom stereocenters. The summed E-state index contributed by atoms with van der Waals surface area (Å²) in [5, 5.41) is 3.72. The van der Waals surface area contributed by atoms with Crippen molar-refractivity contribution in [3.63, 3.8) is 0 Å². The van der Waals surface area contributed by atoms with Crippen molar-refractivity contribution in [1.29, 1.82) is 0 Å². The van der Waals surface area contributed by atoms with Gasteiger partial charge in [-0.15, -0.1) is 0 Å². The largest absolute Gasteiger partial charge is 0.497 e. The van der Waals surface area contributed by atoms with E-state index < -0.39 is 0 Å². The second kappa shape index (κ2) is 7.73. The third-order valence-corrected chi connectivity index (χ3v) is 5.75. The molecule has 1 aromatic heterocycles. The Labute approximate surface area is 158 Å². The second-order valence-electron chi connectivity index (χ2n) is 6.52. The third-order valence-electron chi connectivity index (χ3n) is 5.12. The lowest BCUT2D eigenvalue weighted by atomic mass is 9.97. The van der Waals surface area contributed by atoms with Crippen LogP contribution in [0.3, 0.4) is 0 Å². The molecule has 25 heavy (non-hydrogen) atoms. The molecule has 1 heterocycles. The van der Waals surface area contributed by atoms with Crippen molar-refractivity contribution in [2.24, 2.45) is 5.92 Å². The standard InChI is InChI=1S/C20H26BrN3O/c1-5-12-10-13-8-9-14(25-4)11-15(13)18(12)24-20-17(7-3)22-19(21)16(6-2)23-20/h8-9,11-12,18H,5-7,10H2,1-4H3,(H,23,24)/t12-,18-/m0/s1. The molecule has 0 saturated carbocycles. The molecule has 0 aliphatic heterocycles. The third kappa shape index (κ3) is 3.52. The number of halogens is 1. The van der Waals surface area contributed by atoms with Crippen LogP contribution in [0.15, 0.2) is 22.8 Å². The minimum Gasteiger partial charge on any atom is -0.497 e. The minimum absolute atomic E-state index is 0.251. The van der Waals surface area contributed by atoms with Gasteiger partial charge in [0.25, 0.3) is 0 Å². The number of ether oxygens (including phenoxy) is 1. The molecule has 0 amide bonds. The van der Waals surface area contributed by atoms with Crippen molar-refractivity contribution in [3.05, 3.63) is 45.3 Å². The number of nitrogens with one attached hydrogen (secondary N) is 1. The summed E-state index contributed by atoms with van der Waals surface area (Å²) in [6.07, 6.45) is 3.94. The first-order chi connectivity index (χ1) is 12.1. The first-order valence-corrected chi connectivity index (χ1v) is 9.89. The molecule has 1 aliphatic carbocycles. The van der Waals surface area contributed by atoms with Crippen molar-refractivity contribution in [2.75, 3.05) is 12.4 Å². The molecular formula is C20H26BrN3O. The highest BCUT2D eigenvalue weighted by Crippen LogP contribution is 2.41. The van der Waals surface area contributed by atoms with E-state index >= 15 is 0 Å². The molecular weight excluding hydrogens is 378 g/mol. The Hall–Kier alpha value is -1.62. The lowest BCUT2D eigenvalue weighted by Gasteiger charge is -2.23. The van der Waals surface area contributed by atoms with Crippen LogP contribution in [0.1, 0.15) is 55.7 Å². The predicted octanol–water partition coefficient (Wildman–Crippen LogP) is 5.11. The number of hydrogen-bond acceptors (Lipinski definition) is 4. The normalized spacial score (nSPS) is 18.9. The van der Waals surface area contributed by atoms with E-state index in [9.17, 15) is 0 Å². The second-order valence-corrected chi connectivity index (χ2v) is 7.27. The van der Waals surface area contributed by atoms with Crippen LogP contribution in [-0.2, 0) is 19.3 Å². The molecule has 2 atom stereocenters. The number of aryl methyl sites for hydroxylation is 2. The maximum atomic E-state index is 5.44. The lowest BCUT2D eigenvalue weighted by molar-refractivity contribution is 0.413. The Morgan fingerprint density at radius 3 is 2.56 bits per heavy atom. The van der Waals surface area contributed by atoms with E-state index in [1.807, 2.05) is 0 Å². The van der Waals surface area contributed by atoms with Gasteiger partial charge in [-0.1, -0.05) is 33.3 Å². The van der Waals surface area contributed by atoms with Gasteiger partial charge in [0.15, 0.2) is 0 Å². The smallest absolute Gasteiger partial charge is 0.148 e. The zero-order valence-electron chi connectivity index (χ0n) is 15.4. The average molecular weight is 404 g/mol. The molecule has 1 N–H and O–H groups in total. The average Bonchev–Trinajstić information content (AvgIpc) is 2.99. The van der Waals surface area contributed by atoms with Crippen molar-refractivity contribution >= 4 is 21.7 Å². The summed E-state index contributed by atoms with van der Waals surface area (Å²) in [6.45, 7) is 6.48. The molecule has 5 heteroatoms. The van der Waals surface area contributed by atoms with Gasteiger partial charge in [0.05, 0.1) is 24.5 Å². The highest BCUT2D eigenvalue weighted by molar-refractivity contribution is 9.10. The maximum absolute atomic E-state index is 5.44. The number of methoxy groups -OCH3 is 1. The maximum Gasteiger partial charge on any atom is 0.148 e. The van der Waals surface area contributed by atoms with Crippen LogP contribution in [0, 0.1) is 5.92 Å². The van der Waals surface area contributed by atoms with Crippen LogP contribution < -0.4 is 10.1 Å². The topological polar surface area (TPSA) is 47.0 Å². The SMILES string of the molecule is CCc1nc(N[C@@H]2c3cc(OC)ccc3C[C@@H]2CC)c(CC)nc1Br. The monoisotopic (exact) mass is 403 g/mol. The number of hydrogen-bond donors (Lipinski definition) is 1. The quantitative estimate of drug-likeness (QED) is 0.727. The zero-order chi connectivity index (χ0) is 18.0. The van der Waals surface area contributed by atoms with Crippen molar-refractivity contribution in [2.45, 2.75) is 52.5 Å². The fourth-order valence-corrected chi connectivity index (χ4v) is 4.20. The number of rotatable bonds is 6. The molecule has 134 valence electrons. The van der Waals surface area contributed by atoms with Crippen LogP contribution in [0.4, 0.5) is 5.82 Å². The molecule has 2 aromatic rings. The van der Waals surface area contributed by atoms with Gasteiger partial charge in [-0.05, 0) is 64.4 Å². The summed E-state index contributed by atoms with van der Waals surface area (Å²) >= 11 is 3.55. The lowest BCUT2D eigenvalue weighted by Crippen LogP contribution is -2.19. The van der Waals surface area contributed by atoms with Crippen LogP contribution in [0.2, 0.25) is 0 Å². The number of fused-ring (bicyclic) bond motifs is 1. The molecule has 0 spiro atoms. The Balaban J connectivity index is 1.99. The minimum atomic E-state index is 0.251.